The van der Waals surface area contributed by atoms with Gasteiger partial charge in [-0.1, -0.05) is 75.2 Å². The number of fused-ring (bicyclic) bond motifs is 8. The summed E-state index contributed by atoms with van der Waals surface area (Å²) in [6.45, 7) is 24.8. The van der Waals surface area contributed by atoms with Crippen molar-refractivity contribution in [3.05, 3.63) is 69.3 Å². The number of ether oxygens (including phenoxy) is 1. The van der Waals surface area contributed by atoms with E-state index in [-0.39, 0.29) is 0 Å². The summed E-state index contributed by atoms with van der Waals surface area (Å²) in [6, 6.07) is 9.14. The summed E-state index contributed by atoms with van der Waals surface area (Å²) >= 11 is 0. The molecule has 2 aliphatic rings. The number of nitrogens with one attached hydrogen (secondary N) is 2. The van der Waals surface area contributed by atoms with Crippen molar-refractivity contribution in [1.29, 1.82) is 0 Å². The van der Waals surface area contributed by atoms with E-state index in [1.165, 1.54) is 67.8 Å². The van der Waals surface area contributed by atoms with Gasteiger partial charge in [-0.2, -0.15) is 0 Å². The van der Waals surface area contributed by atoms with Crippen molar-refractivity contribution >= 4 is 39.5 Å². The Bertz CT molecular complexity index is 1670. The summed E-state index contributed by atoms with van der Waals surface area (Å²) in [6.07, 6.45) is 10.9. The number of allylic oxidation sites excluding steroid dienone is 2. The van der Waals surface area contributed by atoms with Gasteiger partial charge >= 0.3 is 0 Å². The van der Waals surface area contributed by atoms with Gasteiger partial charge in [0.25, 0.3) is 0 Å². The number of unbranched alkanes of at least 4 members (excludes halogenated alkanes) is 2. The van der Waals surface area contributed by atoms with Crippen LogP contribution in [0.2, 0.25) is 0 Å². The van der Waals surface area contributed by atoms with Gasteiger partial charge in [0.05, 0.1) is 11.4 Å². The van der Waals surface area contributed by atoms with Gasteiger partial charge in [0, 0.05) is 59.5 Å². The van der Waals surface area contributed by atoms with Crippen LogP contribution >= 0.6 is 0 Å². The van der Waals surface area contributed by atoms with Gasteiger partial charge in [-0.25, -0.2) is 4.98 Å². The molecule has 6 heteroatoms. The second kappa shape index (κ2) is 21.5. The number of aldehydes is 1. The third-order valence-corrected chi connectivity index (χ3v) is 9.05. The number of aryl methyl sites for hydroxylation is 3. The number of rotatable bonds is 10. The zero-order chi connectivity index (χ0) is 36.5. The van der Waals surface area contributed by atoms with Gasteiger partial charge in [-0.3, -0.25) is 4.98 Å². The van der Waals surface area contributed by atoms with E-state index in [9.17, 15) is 4.79 Å². The standard InChI is InChI=1S/C32H40N4.C6H12O2.C3H8.C2H6/c1-8-12-25-20(7)27-16-26-18(5)13-30(34-26)24(11-4)32-23(10-3)19(6)28(36-32)17-29-21(9-2)14-22(33-29)15-31(25)35-27;1-8-6-4-2-3-5-7;1-3-2;1-2/h14-18,33,35H,8-13H2,1-7H3;5H,2-4,6H2,1H3;3H2,1-2H3;1-2H3. The third kappa shape index (κ3) is 10.7. The first-order valence-corrected chi connectivity index (χ1v) is 19.1. The molecule has 6 nitrogen and oxygen atoms in total. The van der Waals surface area contributed by atoms with E-state index in [1.807, 2.05) is 13.8 Å². The Kier molecular flexibility index (Phi) is 18.3. The molecule has 2 aliphatic heterocycles. The van der Waals surface area contributed by atoms with E-state index in [1.54, 1.807) is 7.11 Å². The second-order valence-electron chi connectivity index (χ2n) is 12.8. The highest BCUT2D eigenvalue weighted by molar-refractivity contribution is 5.93. The Hall–Kier alpha value is -3.51. The number of aromatic amines is 2. The highest BCUT2D eigenvalue weighted by Gasteiger charge is 2.24. The van der Waals surface area contributed by atoms with Crippen LogP contribution in [0.1, 0.15) is 159 Å². The molecule has 2 N–H and O–H groups in total. The number of H-pyrrole nitrogens is 2. The highest BCUT2D eigenvalue weighted by atomic mass is 16.5. The summed E-state index contributed by atoms with van der Waals surface area (Å²) in [5.41, 5.74) is 17.4. The van der Waals surface area contributed by atoms with Crippen molar-refractivity contribution in [1.82, 2.24) is 19.9 Å². The van der Waals surface area contributed by atoms with Gasteiger partial charge in [-0.05, 0) is 116 Å². The topological polar surface area (TPSA) is 83.7 Å². The van der Waals surface area contributed by atoms with Crippen molar-refractivity contribution in [3.8, 4) is 0 Å². The third-order valence-electron chi connectivity index (χ3n) is 9.05. The van der Waals surface area contributed by atoms with Gasteiger partial charge in [0.15, 0.2) is 0 Å². The normalized spacial score (nSPS) is 13.5. The van der Waals surface area contributed by atoms with Crippen LogP contribution in [0.3, 0.4) is 0 Å². The second-order valence-corrected chi connectivity index (χ2v) is 12.8. The van der Waals surface area contributed by atoms with Crippen LogP contribution in [0, 0.1) is 6.92 Å². The average Bonchev–Trinajstić information content (AvgIpc) is 3.82. The minimum Gasteiger partial charge on any atom is -0.385 e. The van der Waals surface area contributed by atoms with Crippen LogP contribution in [-0.4, -0.2) is 39.9 Å². The number of hydrogen-bond acceptors (Lipinski definition) is 4. The Labute approximate surface area is 297 Å². The Morgan fingerprint density at radius 1 is 0.857 bits per heavy atom. The molecule has 0 saturated heterocycles. The van der Waals surface area contributed by atoms with Gasteiger partial charge in [0.1, 0.15) is 6.29 Å². The Morgan fingerprint density at radius 2 is 1.57 bits per heavy atom. The molecule has 1 atom stereocenters. The first kappa shape index (κ1) is 41.7. The quantitative estimate of drug-likeness (QED) is 0.166. The SMILES string of the molecule is CC.CCC.CCCc1c(C)c2cc3nc(c(CC)c4nc(cc5[nH]c(cc5CC)cc1[nH]2)C(C)=C4CC)CC3C.COCCCCC=O. The van der Waals surface area contributed by atoms with E-state index < -0.39 is 0 Å². The summed E-state index contributed by atoms with van der Waals surface area (Å²) in [5, 5.41) is 0. The smallest absolute Gasteiger partial charge is 0.119 e. The monoisotopic (exact) mass is 671 g/mol. The minimum atomic E-state index is 0.395. The lowest BCUT2D eigenvalue weighted by Gasteiger charge is -2.07. The lowest BCUT2D eigenvalue weighted by Crippen LogP contribution is -1.97. The molecule has 5 heterocycles. The molecule has 0 aliphatic carbocycles. The molecule has 8 bridgehead atoms. The number of carbonyl (C=O) groups is 1. The number of nitrogens with zero attached hydrogens (tertiary/aromatic N) is 2. The maximum absolute atomic E-state index is 9.73. The molecule has 5 rings (SSSR count). The van der Waals surface area contributed by atoms with Crippen LogP contribution in [0.25, 0.3) is 33.2 Å². The van der Waals surface area contributed by atoms with Crippen molar-refractivity contribution < 1.29 is 9.53 Å². The predicted molar refractivity (Wildman–Crippen MR) is 212 cm³/mol. The van der Waals surface area contributed by atoms with Gasteiger partial charge in [-0.15, -0.1) is 0 Å². The molecule has 0 aromatic carbocycles. The molecular weight excluding hydrogens is 604 g/mol. The summed E-state index contributed by atoms with van der Waals surface area (Å²) in [4.78, 5) is 27.7. The molecule has 0 spiro atoms. The van der Waals surface area contributed by atoms with Gasteiger partial charge < -0.3 is 19.5 Å². The molecule has 0 radical (unpaired) electrons. The van der Waals surface area contributed by atoms with Crippen LogP contribution in [0.4, 0.5) is 0 Å². The van der Waals surface area contributed by atoms with Gasteiger partial charge in [0.2, 0.25) is 0 Å². The van der Waals surface area contributed by atoms with E-state index in [0.29, 0.717) is 12.3 Å². The molecule has 0 amide bonds. The van der Waals surface area contributed by atoms with Crippen molar-refractivity contribution in [2.75, 3.05) is 13.7 Å². The van der Waals surface area contributed by atoms with E-state index in [0.717, 1.165) is 81.2 Å². The van der Waals surface area contributed by atoms with Crippen molar-refractivity contribution in [2.45, 2.75) is 146 Å². The fraction of sp³-hybridized carbons (Fsp3) is 0.558. The fourth-order valence-electron chi connectivity index (χ4n) is 6.48. The number of aromatic nitrogens is 4. The lowest BCUT2D eigenvalue weighted by molar-refractivity contribution is -0.108. The maximum Gasteiger partial charge on any atom is 0.119 e. The predicted octanol–water partition coefficient (Wildman–Crippen LogP) is 11.8. The molecule has 0 fully saturated rings. The van der Waals surface area contributed by atoms with Crippen LogP contribution in [0.5, 0.6) is 0 Å². The molecule has 3 aromatic rings. The molecule has 270 valence electrons. The zero-order valence-electron chi connectivity index (χ0n) is 33.0. The van der Waals surface area contributed by atoms with Crippen LogP contribution < -0.4 is 0 Å². The fourth-order valence-corrected chi connectivity index (χ4v) is 6.48. The molecule has 0 saturated carbocycles. The Balaban J connectivity index is 0.000000552. The molecule has 3 aromatic heterocycles. The largest absolute Gasteiger partial charge is 0.385 e. The van der Waals surface area contributed by atoms with Crippen LogP contribution in [0.15, 0.2) is 24.3 Å². The number of carbonyl (C=O) groups excluding carboxylic acids is 1. The van der Waals surface area contributed by atoms with Crippen molar-refractivity contribution in [3.63, 3.8) is 0 Å². The zero-order valence-corrected chi connectivity index (χ0v) is 33.0. The Morgan fingerprint density at radius 3 is 2.16 bits per heavy atom. The van der Waals surface area contributed by atoms with Crippen LogP contribution in [-0.2, 0) is 35.2 Å². The molecular formula is C43H66N4O2. The van der Waals surface area contributed by atoms with E-state index in [2.05, 4.69) is 96.5 Å². The minimum absolute atomic E-state index is 0.395. The van der Waals surface area contributed by atoms with E-state index >= 15 is 0 Å². The number of hydrogen-bond donors (Lipinski definition) is 2. The summed E-state index contributed by atoms with van der Waals surface area (Å²) < 4.78 is 4.77. The highest BCUT2D eigenvalue weighted by Crippen LogP contribution is 2.37. The summed E-state index contributed by atoms with van der Waals surface area (Å²) in [7, 11) is 1.67. The maximum atomic E-state index is 9.73. The lowest BCUT2D eigenvalue weighted by atomic mass is 9.96. The first-order valence-electron chi connectivity index (χ1n) is 19.1. The first-order chi connectivity index (χ1) is 23.7. The van der Waals surface area contributed by atoms with E-state index in [4.69, 9.17) is 14.7 Å². The number of methoxy groups -OCH3 is 1. The molecule has 1 unspecified atom stereocenters. The van der Waals surface area contributed by atoms with Crippen molar-refractivity contribution in [2.24, 2.45) is 0 Å². The molecule has 49 heavy (non-hydrogen) atoms. The average molecular weight is 671 g/mol. The summed E-state index contributed by atoms with van der Waals surface area (Å²) in [5.74, 6) is 0.395.